The third kappa shape index (κ3) is 6.85. The van der Waals surface area contributed by atoms with E-state index in [4.69, 9.17) is 9.47 Å². The Hall–Kier alpha value is -2.11. The zero-order valence-corrected chi connectivity index (χ0v) is 16.6. The molecule has 148 valence electrons. The van der Waals surface area contributed by atoms with Gasteiger partial charge < -0.3 is 14.6 Å². The molecule has 0 saturated carbocycles. The molecule has 0 aliphatic carbocycles. The van der Waals surface area contributed by atoms with Crippen LogP contribution in [-0.4, -0.2) is 54.4 Å². The molecule has 0 amide bonds. The lowest BCUT2D eigenvalue weighted by Crippen LogP contribution is -2.40. The highest BCUT2D eigenvalue weighted by molar-refractivity contribution is 5.88. The summed E-state index contributed by atoms with van der Waals surface area (Å²) in [6.45, 7) is 7.87. The van der Waals surface area contributed by atoms with Crippen LogP contribution < -0.4 is 4.74 Å². The molecule has 0 aliphatic heterocycles. The number of ether oxygens (including phenoxy) is 2. The molecule has 0 fully saturated rings. The van der Waals surface area contributed by atoms with Crippen LogP contribution in [0.4, 0.5) is 0 Å². The number of aliphatic hydroxyl groups is 1. The van der Waals surface area contributed by atoms with Gasteiger partial charge in [0.15, 0.2) is 0 Å². The standard InChI is InChI=1S/C22H31NO4/c1-4-26-22(25)13-8-14-23(17(2)3)15-19(24)16-27-21-12-7-10-18-9-5-6-11-20(18)21/h5-7,9-12,17,19,24H,4,8,13-16H2,1-3H3. The zero-order chi connectivity index (χ0) is 19.6. The molecule has 0 aromatic heterocycles. The van der Waals surface area contributed by atoms with Crippen molar-refractivity contribution in [1.29, 1.82) is 0 Å². The van der Waals surface area contributed by atoms with Crippen LogP contribution in [0.1, 0.15) is 33.6 Å². The number of benzene rings is 2. The first-order valence-corrected chi connectivity index (χ1v) is 9.69. The average molecular weight is 373 g/mol. The number of aliphatic hydroxyl groups excluding tert-OH is 1. The van der Waals surface area contributed by atoms with E-state index in [0.29, 0.717) is 26.0 Å². The summed E-state index contributed by atoms with van der Waals surface area (Å²) < 4.78 is 10.8. The number of hydrogen-bond donors (Lipinski definition) is 1. The van der Waals surface area contributed by atoms with Crippen LogP contribution in [0.2, 0.25) is 0 Å². The van der Waals surface area contributed by atoms with Crippen molar-refractivity contribution in [1.82, 2.24) is 4.90 Å². The van der Waals surface area contributed by atoms with Gasteiger partial charge in [-0.1, -0.05) is 36.4 Å². The summed E-state index contributed by atoms with van der Waals surface area (Å²) in [5.41, 5.74) is 0. The van der Waals surface area contributed by atoms with E-state index in [2.05, 4.69) is 18.7 Å². The largest absolute Gasteiger partial charge is 0.490 e. The van der Waals surface area contributed by atoms with Gasteiger partial charge >= 0.3 is 5.97 Å². The summed E-state index contributed by atoms with van der Waals surface area (Å²) in [5.74, 6) is 0.617. The van der Waals surface area contributed by atoms with Gasteiger partial charge in [-0.15, -0.1) is 0 Å². The van der Waals surface area contributed by atoms with Crippen molar-refractivity contribution < 1.29 is 19.4 Å². The van der Waals surface area contributed by atoms with E-state index in [9.17, 15) is 9.90 Å². The van der Waals surface area contributed by atoms with Crippen LogP contribution in [-0.2, 0) is 9.53 Å². The Balaban J connectivity index is 1.84. The van der Waals surface area contributed by atoms with Crippen molar-refractivity contribution in [3.05, 3.63) is 42.5 Å². The van der Waals surface area contributed by atoms with Crippen LogP contribution >= 0.6 is 0 Å². The minimum Gasteiger partial charge on any atom is -0.490 e. The smallest absolute Gasteiger partial charge is 0.305 e. The highest BCUT2D eigenvalue weighted by atomic mass is 16.5. The molecule has 2 aromatic carbocycles. The second-order valence-corrected chi connectivity index (χ2v) is 6.94. The first kappa shape index (κ1) is 21.2. The van der Waals surface area contributed by atoms with Crippen LogP contribution in [0.3, 0.4) is 0 Å². The van der Waals surface area contributed by atoms with Gasteiger partial charge in [0.25, 0.3) is 0 Å². The fourth-order valence-electron chi connectivity index (χ4n) is 3.05. The highest BCUT2D eigenvalue weighted by Crippen LogP contribution is 2.25. The fraction of sp³-hybridized carbons (Fsp3) is 0.500. The van der Waals surface area contributed by atoms with E-state index in [1.165, 1.54) is 0 Å². The third-order valence-electron chi connectivity index (χ3n) is 4.49. The molecule has 0 spiro atoms. The van der Waals surface area contributed by atoms with Crippen molar-refractivity contribution >= 4 is 16.7 Å². The average Bonchev–Trinajstić information content (AvgIpc) is 2.65. The number of rotatable bonds is 11. The Kier molecular flexibility index (Phi) is 8.55. The summed E-state index contributed by atoms with van der Waals surface area (Å²) in [6.07, 6.45) is 0.516. The Morgan fingerprint density at radius 3 is 2.63 bits per heavy atom. The fourth-order valence-corrected chi connectivity index (χ4v) is 3.05. The van der Waals surface area contributed by atoms with Gasteiger partial charge in [0.05, 0.1) is 6.61 Å². The van der Waals surface area contributed by atoms with Crippen molar-refractivity contribution in [2.75, 3.05) is 26.3 Å². The number of carbonyl (C=O) groups is 1. The van der Waals surface area contributed by atoms with Gasteiger partial charge in [0.2, 0.25) is 0 Å². The highest BCUT2D eigenvalue weighted by Gasteiger charge is 2.16. The van der Waals surface area contributed by atoms with Gasteiger partial charge in [-0.05, 0) is 45.2 Å². The summed E-state index contributed by atoms with van der Waals surface area (Å²) in [7, 11) is 0. The van der Waals surface area contributed by atoms with Crippen molar-refractivity contribution in [3.8, 4) is 5.75 Å². The van der Waals surface area contributed by atoms with E-state index in [0.717, 1.165) is 23.1 Å². The van der Waals surface area contributed by atoms with Gasteiger partial charge in [-0.3, -0.25) is 9.69 Å². The van der Waals surface area contributed by atoms with Crippen molar-refractivity contribution in [2.24, 2.45) is 0 Å². The minimum atomic E-state index is -0.603. The molecule has 5 heteroatoms. The number of nitrogens with zero attached hydrogens (tertiary/aromatic N) is 1. The van der Waals surface area contributed by atoms with Gasteiger partial charge in [-0.25, -0.2) is 0 Å². The predicted octanol–water partition coefficient (Wildman–Crippen LogP) is 3.63. The predicted molar refractivity (Wildman–Crippen MR) is 108 cm³/mol. The van der Waals surface area contributed by atoms with E-state index < -0.39 is 6.10 Å². The molecular weight excluding hydrogens is 342 g/mol. The Bertz CT molecular complexity index is 711. The first-order valence-electron chi connectivity index (χ1n) is 9.69. The molecule has 1 N–H and O–H groups in total. The van der Waals surface area contributed by atoms with Gasteiger partial charge in [-0.2, -0.15) is 0 Å². The summed E-state index contributed by atoms with van der Waals surface area (Å²) in [6, 6.07) is 14.2. The van der Waals surface area contributed by atoms with E-state index in [1.54, 1.807) is 0 Å². The maximum Gasteiger partial charge on any atom is 0.305 e. The molecule has 27 heavy (non-hydrogen) atoms. The van der Waals surface area contributed by atoms with Crippen LogP contribution in [0.25, 0.3) is 10.8 Å². The lowest BCUT2D eigenvalue weighted by molar-refractivity contribution is -0.143. The summed E-state index contributed by atoms with van der Waals surface area (Å²) in [4.78, 5) is 13.6. The van der Waals surface area contributed by atoms with Crippen molar-refractivity contribution in [2.45, 2.75) is 45.8 Å². The van der Waals surface area contributed by atoms with Gasteiger partial charge in [0, 0.05) is 24.4 Å². The lowest BCUT2D eigenvalue weighted by Gasteiger charge is -2.28. The minimum absolute atomic E-state index is 0.166. The molecule has 1 unspecified atom stereocenters. The molecule has 1 atom stereocenters. The maximum atomic E-state index is 11.5. The molecule has 2 rings (SSSR count). The monoisotopic (exact) mass is 373 g/mol. The van der Waals surface area contributed by atoms with Crippen LogP contribution in [0.5, 0.6) is 5.75 Å². The zero-order valence-electron chi connectivity index (χ0n) is 16.6. The molecule has 0 bridgehead atoms. The lowest BCUT2D eigenvalue weighted by atomic mass is 10.1. The topological polar surface area (TPSA) is 59.0 Å². The second-order valence-electron chi connectivity index (χ2n) is 6.94. The molecule has 0 radical (unpaired) electrons. The first-order chi connectivity index (χ1) is 13.0. The van der Waals surface area contributed by atoms with E-state index in [1.807, 2.05) is 49.4 Å². The van der Waals surface area contributed by atoms with Crippen molar-refractivity contribution in [3.63, 3.8) is 0 Å². The van der Waals surface area contributed by atoms with E-state index in [-0.39, 0.29) is 18.6 Å². The maximum absolute atomic E-state index is 11.5. The SMILES string of the molecule is CCOC(=O)CCCN(CC(O)COc1cccc2ccccc12)C(C)C. The Labute approximate surface area is 161 Å². The number of hydrogen-bond acceptors (Lipinski definition) is 5. The van der Waals surface area contributed by atoms with Crippen LogP contribution in [0, 0.1) is 0 Å². The molecule has 0 heterocycles. The summed E-state index contributed by atoms with van der Waals surface area (Å²) >= 11 is 0. The molecular formula is C22H31NO4. The van der Waals surface area contributed by atoms with Crippen LogP contribution in [0.15, 0.2) is 42.5 Å². The number of esters is 1. The Morgan fingerprint density at radius 2 is 1.89 bits per heavy atom. The second kappa shape index (κ2) is 10.9. The number of fused-ring (bicyclic) bond motifs is 1. The molecule has 0 saturated heterocycles. The molecule has 0 aliphatic rings. The molecule has 2 aromatic rings. The normalized spacial score (nSPS) is 12.5. The summed E-state index contributed by atoms with van der Waals surface area (Å²) in [5, 5.41) is 12.6. The Morgan fingerprint density at radius 1 is 1.15 bits per heavy atom. The number of carbonyl (C=O) groups excluding carboxylic acids is 1. The van der Waals surface area contributed by atoms with Gasteiger partial charge in [0.1, 0.15) is 18.5 Å². The quantitative estimate of drug-likeness (QED) is 0.610. The third-order valence-corrected chi connectivity index (χ3v) is 4.49. The molecule has 5 nitrogen and oxygen atoms in total. The van der Waals surface area contributed by atoms with E-state index >= 15 is 0 Å².